The first-order valence-electron chi connectivity index (χ1n) is 8.70. The van der Waals surface area contributed by atoms with Crippen molar-refractivity contribution in [2.24, 2.45) is 0 Å². The van der Waals surface area contributed by atoms with Crippen molar-refractivity contribution in [3.63, 3.8) is 0 Å². The van der Waals surface area contributed by atoms with Gasteiger partial charge in [0.2, 0.25) is 0 Å². The van der Waals surface area contributed by atoms with Gasteiger partial charge in [0, 0.05) is 0 Å². The molecule has 0 saturated heterocycles. The second-order valence-electron chi connectivity index (χ2n) is 6.35. The van der Waals surface area contributed by atoms with Gasteiger partial charge in [0.05, 0.1) is 11.1 Å². The van der Waals surface area contributed by atoms with Crippen LogP contribution < -0.4 is 0 Å². The van der Waals surface area contributed by atoms with E-state index in [1.165, 1.54) is 18.2 Å². The first-order valence-corrected chi connectivity index (χ1v) is 8.70. The smallest absolute Gasteiger partial charge is 0.338 e. The lowest BCUT2D eigenvalue weighted by molar-refractivity contribution is -0.103. The van der Waals surface area contributed by atoms with Gasteiger partial charge in [-0.1, -0.05) is 36.4 Å². The molecule has 0 unspecified atom stereocenters. The van der Waals surface area contributed by atoms with Crippen LogP contribution in [0.2, 0.25) is 0 Å². The minimum Gasteiger partial charge on any atom is -0.457 e. The number of esters is 2. The minimum absolute atomic E-state index is 0.132. The molecule has 7 heteroatoms. The molecule has 3 rings (SSSR count). The Kier molecular flexibility index (Phi) is 6.20. The molecule has 0 fully saturated rings. The molecule has 0 radical (unpaired) electrons. The van der Waals surface area contributed by atoms with Crippen molar-refractivity contribution in [2.75, 3.05) is 6.61 Å². The van der Waals surface area contributed by atoms with E-state index in [1.807, 2.05) is 0 Å². The van der Waals surface area contributed by atoms with Crippen molar-refractivity contribution in [1.82, 2.24) is 0 Å². The van der Waals surface area contributed by atoms with Crippen LogP contribution >= 0.6 is 0 Å². The van der Waals surface area contributed by atoms with Crippen molar-refractivity contribution < 1.29 is 34.4 Å². The summed E-state index contributed by atoms with van der Waals surface area (Å²) >= 11 is 0. The lowest BCUT2D eigenvalue weighted by Crippen LogP contribution is -2.51. The highest BCUT2D eigenvalue weighted by molar-refractivity contribution is 5.90. The average Bonchev–Trinajstić information content (AvgIpc) is 2.73. The summed E-state index contributed by atoms with van der Waals surface area (Å²) in [4.78, 5) is 24.3. The number of carbonyl (C=O) groups excluding carboxylic acids is 2. The molecule has 0 saturated carbocycles. The topological polar surface area (TPSA) is 113 Å². The number of hydrogen-bond donors (Lipinski definition) is 3. The molecule has 0 amide bonds. The summed E-state index contributed by atoms with van der Waals surface area (Å²) in [6, 6.07) is 16.4. The van der Waals surface area contributed by atoms with Crippen LogP contribution in [-0.4, -0.2) is 58.3 Å². The Morgan fingerprint density at radius 2 is 1.36 bits per heavy atom. The molecule has 4 atom stereocenters. The molecular formula is C21H20O7. The Morgan fingerprint density at radius 3 is 1.93 bits per heavy atom. The van der Waals surface area contributed by atoms with Crippen LogP contribution in [0.1, 0.15) is 20.7 Å². The van der Waals surface area contributed by atoms with Gasteiger partial charge in [-0.25, -0.2) is 9.59 Å². The predicted octanol–water partition coefficient (Wildman–Crippen LogP) is 1.09. The van der Waals surface area contributed by atoms with E-state index < -0.39 is 36.4 Å². The van der Waals surface area contributed by atoms with Gasteiger partial charge in [0.15, 0.2) is 6.10 Å². The van der Waals surface area contributed by atoms with Crippen LogP contribution in [0.3, 0.4) is 0 Å². The molecule has 0 aromatic heterocycles. The Bertz CT molecular complexity index is 848. The molecule has 0 bridgehead atoms. The molecule has 0 heterocycles. The molecule has 7 nitrogen and oxygen atoms in total. The predicted molar refractivity (Wildman–Crippen MR) is 98.5 cm³/mol. The molecule has 0 aliphatic heterocycles. The summed E-state index contributed by atoms with van der Waals surface area (Å²) in [6.07, 6.45) is -4.55. The van der Waals surface area contributed by atoms with E-state index in [4.69, 9.17) is 9.47 Å². The van der Waals surface area contributed by atoms with Gasteiger partial charge in [0.25, 0.3) is 0 Å². The maximum Gasteiger partial charge on any atom is 0.338 e. The molecule has 2 aromatic rings. The summed E-state index contributed by atoms with van der Waals surface area (Å²) in [7, 11) is 0. The van der Waals surface area contributed by atoms with E-state index in [-0.39, 0.29) is 17.7 Å². The highest BCUT2D eigenvalue weighted by Crippen LogP contribution is 2.24. The van der Waals surface area contributed by atoms with Gasteiger partial charge in [-0.2, -0.15) is 0 Å². The van der Waals surface area contributed by atoms with E-state index in [1.54, 1.807) is 48.5 Å². The zero-order chi connectivity index (χ0) is 20.1. The Balaban J connectivity index is 1.68. The second-order valence-corrected chi connectivity index (χ2v) is 6.35. The highest BCUT2D eigenvalue weighted by atomic mass is 16.6. The lowest BCUT2D eigenvalue weighted by Gasteiger charge is -2.34. The van der Waals surface area contributed by atoms with Gasteiger partial charge in [-0.15, -0.1) is 0 Å². The van der Waals surface area contributed by atoms with Gasteiger partial charge >= 0.3 is 11.9 Å². The summed E-state index contributed by atoms with van der Waals surface area (Å²) < 4.78 is 10.4. The number of rotatable bonds is 5. The van der Waals surface area contributed by atoms with Crippen molar-refractivity contribution in [3.05, 3.63) is 83.4 Å². The van der Waals surface area contributed by atoms with E-state index in [9.17, 15) is 24.9 Å². The number of ether oxygens (including phenoxy) is 2. The quantitative estimate of drug-likeness (QED) is 0.522. The van der Waals surface area contributed by atoms with Crippen LogP contribution in [-0.2, 0) is 9.47 Å². The summed E-state index contributed by atoms with van der Waals surface area (Å²) in [5.41, 5.74) is 0.706. The van der Waals surface area contributed by atoms with Crippen LogP contribution in [0.25, 0.3) is 0 Å². The maximum absolute atomic E-state index is 12.2. The first kappa shape index (κ1) is 19.8. The molecule has 28 heavy (non-hydrogen) atoms. The third-order valence-corrected chi connectivity index (χ3v) is 4.39. The van der Waals surface area contributed by atoms with E-state index >= 15 is 0 Å². The van der Waals surface area contributed by atoms with Crippen molar-refractivity contribution in [3.8, 4) is 0 Å². The van der Waals surface area contributed by atoms with Gasteiger partial charge < -0.3 is 24.8 Å². The van der Waals surface area contributed by atoms with E-state index in [2.05, 4.69) is 0 Å². The second kappa shape index (κ2) is 8.79. The number of benzene rings is 2. The van der Waals surface area contributed by atoms with Gasteiger partial charge in [-0.05, 0) is 35.9 Å². The largest absolute Gasteiger partial charge is 0.457 e. The van der Waals surface area contributed by atoms with Crippen molar-refractivity contribution in [2.45, 2.75) is 24.4 Å². The molecule has 2 aromatic carbocycles. The van der Waals surface area contributed by atoms with Crippen molar-refractivity contribution in [1.29, 1.82) is 0 Å². The van der Waals surface area contributed by atoms with E-state index in [0.717, 1.165) is 0 Å². The fraction of sp³-hybridized carbons (Fsp3) is 0.238. The average molecular weight is 384 g/mol. The molecule has 1 aliphatic rings. The van der Waals surface area contributed by atoms with Gasteiger partial charge in [-0.3, -0.25) is 0 Å². The van der Waals surface area contributed by atoms with Crippen LogP contribution in [0.4, 0.5) is 0 Å². The third kappa shape index (κ3) is 4.45. The number of carbonyl (C=O) groups is 2. The third-order valence-electron chi connectivity index (χ3n) is 4.39. The van der Waals surface area contributed by atoms with Crippen LogP contribution in [0, 0.1) is 0 Å². The molecule has 3 N–H and O–H groups in total. The van der Waals surface area contributed by atoms with Crippen LogP contribution in [0.15, 0.2) is 72.3 Å². The Labute approximate surface area is 161 Å². The number of aliphatic hydroxyl groups excluding tert-OH is 3. The Morgan fingerprint density at radius 1 is 0.821 bits per heavy atom. The lowest BCUT2D eigenvalue weighted by atomic mass is 9.89. The molecule has 146 valence electrons. The summed E-state index contributed by atoms with van der Waals surface area (Å²) in [6.45, 7) is -0.321. The number of aliphatic hydroxyl groups is 3. The summed E-state index contributed by atoms with van der Waals surface area (Å²) in [5.74, 6) is -1.36. The SMILES string of the molecule is O=C(OCC1=C[C@H](O)[C@H](O)[C@@H](OC(=O)c2ccccc2)[C@@H]1O)c1ccccc1. The molecule has 1 aliphatic carbocycles. The first-order chi connectivity index (χ1) is 13.5. The van der Waals surface area contributed by atoms with E-state index in [0.29, 0.717) is 5.56 Å². The molecule has 0 spiro atoms. The maximum atomic E-state index is 12.2. The highest BCUT2D eigenvalue weighted by Gasteiger charge is 2.41. The fourth-order valence-corrected chi connectivity index (χ4v) is 2.85. The van der Waals surface area contributed by atoms with Crippen molar-refractivity contribution >= 4 is 11.9 Å². The normalized spacial score (nSPS) is 24.2. The monoisotopic (exact) mass is 384 g/mol. The standard InChI is InChI=1S/C21H20O7/c22-16-11-15(12-27-20(25)13-7-3-1-4-8-13)17(23)19(18(16)24)28-21(26)14-9-5-2-6-10-14/h1-11,16-19,22-24H,12H2/t16-,17+,18-,19-/m0/s1. The zero-order valence-electron chi connectivity index (χ0n) is 14.8. The molecular weight excluding hydrogens is 364 g/mol. The minimum atomic E-state index is -1.52. The van der Waals surface area contributed by atoms with Gasteiger partial charge in [0.1, 0.15) is 24.9 Å². The summed E-state index contributed by atoms with van der Waals surface area (Å²) in [5, 5.41) is 30.7. The number of hydrogen-bond acceptors (Lipinski definition) is 7. The van der Waals surface area contributed by atoms with Crippen LogP contribution in [0.5, 0.6) is 0 Å². The fourth-order valence-electron chi connectivity index (χ4n) is 2.85. The zero-order valence-corrected chi connectivity index (χ0v) is 14.8. The Hall–Kier alpha value is -3.00.